The highest BCUT2D eigenvalue weighted by Gasteiger charge is 2.69. The van der Waals surface area contributed by atoms with Gasteiger partial charge in [0.2, 0.25) is 0 Å². The summed E-state index contributed by atoms with van der Waals surface area (Å²) in [5, 5.41) is 20.0. The number of epoxide rings is 2. The summed E-state index contributed by atoms with van der Waals surface area (Å²) in [5.41, 5.74) is -1.47. The quantitative estimate of drug-likeness (QED) is 0.582. The number of aliphatic hydroxyl groups is 1. The van der Waals surface area contributed by atoms with Crippen LogP contribution in [-0.2, 0) is 9.47 Å². The fourth-order valence-electron chi connectivity index (χ4n) is 3.56. The Morgan fingerprint density at radius 3 is 1.93 bits per heavy atom. The first kappa shape index (κ1) is 8.51. The molecule has 4 aliphatic rings. The molecular weight excluding hydrogens is 194 g/mol. The Balaban J connectivity index is 1.77. The summed E-state index contributed by atoms with van der Waals surface area (Å²) in [4.78, 5) is 0. The van der Waals surface area contributed by atoms with Gasteiger partial charge in [-0.25, -0.2) is 0 Å². The smallest absolute Gasteiger partial charge is 0.0913 e. The van der Waals surface area contributed by atoms with Crippen molar-refractivity contribution in [1.29, 1.82) is 5.26 Å². The number of hydrogen-bond donors (Lipinski definition) is 1. The van der Waals surface area contributed by atoms with Gasteiger partial charge in [0, 0.05) is 12.8 Å². The lowest BCUT2D eigenvalue weighted by atomic mass is 9.57. The average Bonchev–Trinajstić information content (AvgIpc) is 3.05. The lowest BCUT2D eigenvalue weighted by Gasteiger charge is -2.46. The van der Waals surface area contributed by atoms with Crippen LogP contribution in [0.15, 0.2) is 0 Å². The van der Waals surface area contributed by atoms with Crippen LogP contribution < -0.4 is 0 Å². The number of nitrogens with zero attached hydrogens (tertiary/aromatic N) is 1. The van der Waals surface area contributed by atoms with Crippen molar-refractivity contribution in [1.82, 2.24) is 0 Å². The third-order valence-corrected chi connectivity index (χ3v) is 4.66. The van der Waals surface area contributed by atoms with Crippen LogP contribution in [0, 0.1) is 16.7 Å². The summed E-state index contributed by atoms with van der Waals surface area (Å²) in [6.45, 7) is 0. The molecule has 1 N–H and O–H groups in total. The predicted molar refractivity (Wildman–Crippen MR) is 48.8 cm³/mol. The van der Waals surface area contributed by atoms with Crippen molar-refractivity contribution < 1.29 is 14.6 Å². The third kappa shape index (κ3) is 0.919. The first-order valence-electron chi connectivity index (χ1n) is 5.60. The van der Waals surface area contributed by atoms with E-state index >= 15 is 0 Å². The van der Waals surface area contributed by atoms with Crippen LogP contribution >= 0.6 is 0 Å². The number of rotatable bonds is 0. The average molecular weight is 207 g/mol. The molecule has 6 atom stereocenters. The fourth-order valence-corrected chi connectivity index (χ4v) is 3.56. The molecule has 2 unspecified atom stereocenters. The second-order valence-corrected chi connectivity index (χ2v) is 5.47. The van der Waals surface area contributed by atoms with Gasteiger partial charge in [-0.05, 0) is 12.8 Å². The Morgan fingerprint density at radius 2 is 1.47 bits per heavy atom. The third-order valence-electron chi connectivity index (χ3n) is 4.66. The van der Waals surface area contributed by atoms with Gasteiger partial charge < -0.3 is 14.6 Å². The van der Waals surface area contributed by atoms with Gasteiger partial charge in [0.1, 0.15) is 0 Å². The molecule has 0 aromatic carbocycles. The lowest BCUT2D eigenvalue weighted by Crippen LogP contribution is -2.55. The maximum Gasteiger partial charge on any atom is 0.0913 e. The van der Waals surface area contributed by atoms with Crippen molar-refractivity contribution in [3.05, 3.63) is 0 Å². The highest BCUT2D eigenvalue weighted by atomic mass is 16.6. The molecule has 2 saturated heterocycles. The highest BCUT2D eigenvalue weighted by molar-refractivity contribution is 5.25. The molecule has 4 heteroatoms. The molecular formula is C11H13NO3. The van der Waals surface area contributed by atoms with Crippen LogP contribution in [0.5, 0.6) is 0 Å². The molecule has 0 bridgehead atoms. The minimum Gasteiger partial charge on any atom is -0.388 e. The van der Waals surface area contributed by atoms with Gasteiger partial charge in [0.05, 0.1) is 41.5 Å². The van der Waals surface area contributed by atoms with Crippen molar-refractivity contribution in [2.75, 3.05) is 0 Å². The van der Waals surface area contributed by atoms with Crippen molar-refractivity contribution in [3.63, 3.8) is 0 Å². The zero-order valence-corrected chi connectivity index (χ0v) is 8.35. The lowest BCUT2D eigenvalue weighted by molar-refractivity contribution is -0.0969. The van der Waals surface area contributed by atoms with E-state index in [2.05, 4.69) is 6.07 Å². The molecule has 0 aromatic heterocycles. The Morgan fingerprint density at radius 1 is 1.00 bits per heavy atom. The summed E-state index contributed by atoms with van der Waals surface area (Å²) in [5.74, 6) is 0. The molecule has 80 valence electrons. The van der Waals surface area contributed by atoms with E-state index in [0.717, 1.165) is 0 Å². The van der Waals surface area contributed by atoms with Crippen molar-refractivity contribution in [2.45, 2.75) is 55.7 Å². The summed E-state index contributed by atoms with van der Waals surface area (Å²) in [6, 6.07) is 2.36. The first-order chi connectivity index (χ1) is 7.16. The number of hydrogen-bond acceptors (Lipinski definition) is 4. The van der Waals surface area contributed by atoms with Crippen LogP contribution in [0.2, 0.25) is 0 Å². The molecule has 4 fully saturated rings. The standard InChI is InChI=1S/C11H13NO3/c12-5-10-1-6-8(14-6)3-11(10,13)4-9-7(2-10)15-9/h6-9,13H,1-4H2/t6-,7+,8+,9-,10?,11?. The van der Waals surface area contributed by atoms with Gasteiger partial charge in [-0.15, -0.1) is 0 Å². The molecule has 4 rings (SSSR count). The van der Waals surface area contributed by atoms with Crippen molar-refractivity contribution in [2.24, 2.45) is 5.41 Å². The van der Waals surface area contributed by atoms with E-state index in [1.165, 1.54) is 0 Å². The molecule has 0 amide bonds. The normalized spacial score (nSPS) is 64.5. The van der Waals surface area contributed by atoms with E-state index in [1.807, 2.05) is 0 Å². The second kappa shape index (κ2) is 2.22. The van der Waals surface area contributed by atoms with E-state index < -0.39 is 11.0 Å². The summed E-state index contributed by atoms with van der Waals surface area (Å²) >= 11 is 0. The zero-order chi connectivity index (χ0) is 10.3. The number of nitriles is 1. The Hall–Kier alpha value is -0.630. The SMILES string of the molecule is N#CC12C[C@@H]3O[C@@H]3CC1(O)C[C@@H]1O[C@@H]1C2. The zero-order valence-electron chi connectivity index (χ0n) is 8.35. The van der Waals surface area contributed by atoms with Gasteiger partial charge >= 0.3 is 0 Å². The maximum absolute atomic E-state index is 10.7. The number of ether oxygens (including phenoxy) is 2. The molecule has 2 aliphatic carbocycles. The van der Waals surface area contributed by atoms with Crippen molar-refractivity contribution >= 4 is 0 Å². The van der Waals surface area contributed by atoms with E-state index in [0.29, 0.717) is 25.7 Å². The molecule has 2 aliphatic heterocycles. The fraction of sp³-hybridized carbons (Fsp3) is 0.909. The van der Waals surface area contributed by atoms with E-state index in [4.69, 9.17) is 9.47 Å². The summed E-state index contributed by atoms with van der Waals surface area (Å²) in [7, 11) is 0. The largest absolute Gasteiger partial charge is 0.388 e. The van der Waals surface area contributed by atoms with E-state index in [1.54, 1.807) is 0 Å². The van der Waals surface area contributed by atoms with Gasteiger partial charge in [-0.1, -0.05) is 0 Å². The number of fused-ring (bicyclic) bond motifs is 3. The van der Waals surface area contributed by atoms with Gasteiger partial charge in [-0.3, -0.25) is 0 Å². The summed E-state index contributed by atoms with van der Waals surface area (Å²) < 4.78 is 10.9. The van der Waals surface area contributed by atoms with Gasteiger partial charge in [0.15, 0.2) is 0 Å². The Labute approximate surface area is 87.8 Å². The predicted octanol–water partition coefficient (Wildman–Crippen LogP) is 0.350. The monoisotopic (exact) mass is 207 g/mol. The Bertz CT molecular complexity index is 353. The Kier molecular flexibility index (Phi) is 1.26. The topological polar surface area (TPSA) is 69.1 Å². The molecule has 15 heavy (non-hydrogen) atoms. The van der Waals surface area contributed by atoms with Gasteiger partial charge in [0.25, 0.3) is 0 Å². The second-order valence-electron chi connectivity index (χ2n) is 5.47. The van der Waals surface area contributed by atoms with Crippen LogP contribution in [0.25, 0.3) is 0 Å². The molecule has 0 radical (unpaired) electrons. The van der Waals surface area contributed by atoms with Crippen molar-refractivity contribution in [3.8, 4) is 6.07 Å². The minimum absolute atomic E-state index is 0.201. The molecule has 0 aromatic rings. The molecule has 2 saturated carbocycles. The first-order valence-corrected chi connectivity index (χ1v) is 5.60. The molecule has 4 nitrogen and oxygen atoms in total. The highest BCUT2D eigenvalue weighted by Crippen LogP contribution is 2.61. The van der Waals surface area contributed by atoms with Crippen LogP contribution in [0.4, 0.5) is 0 Å². The van der Waals surface area contributed by atoms with Gasteiger partial charge in [-0.2, -0.15) is 5.26 Å². The summed E-state index contributed by atoms with van der Waals surface area (Å²) in [6.07, 6.45) is 3.48. The van der Waals surface area contributed by atoms with E-state index in [9.17, 15) is 10.4 Å². The molecule has 2 heterocycles. The van der Waals surface area contributed by atoms with Crippen LogP contribution in [0.3, 0.4) is 0 Å². The van der Waals surface area contributed by atoms with E-state index in [-0.39, 0.29) is 24.4 Å². The molecule has 0 spiro atoms. The van der Waals surface area contributed by atoms with Crippen LogP contribution in [-0.4, -0.2) is 35.1 Å². The van der Waals surface area contributed by atoms with Crippen LogP contribution in [0.1, 0.15) is 25.7 Å². The minimum atomic E-state index is -0.864. The maximum atomic E-state index is 10.7.